The van der Waals surface area contributed by atoms with Gasteiger partial charge in [0.25, 0.3) is 0 Å². The van der Waals surface area contributed by atoms with E-state index in [0.29, 0.717) is 11.6 Å². The van der Waals surface area contributed by atoms with Gasteiger partial charge in [0.2, 0.25) is 5.91 Å². The largest absolute Gasteiger partial charge is 0.360 e. The standard InChI is InChI=1S/C14H23N3O2/c1-11-10-13(16-19-11)15-14(18)12(2)17-8-6-4-3-5-7-9-17/h10,12H,3-9H2,1-2H3,(H,15,16,18)/t12-/m0/s1. The molecule has 0 bridgehead atoms. The summed E-state index contributed by atoms with van der Waals surface area (Å²) in [4.78, 5) is 14.5. The molecule has 1 saturated heterocycles. The van der Waals surface area contributed by atoms with E-state index in [9.17, 15) is 4.79 Å². The SMILES string of the molecule is Cc1cc(NC(=O)[C@H](C)N2CCCCCCC2)no1. The Bertz CT molecular complexity index is 409. The van der Waals surface area contributed by atoms with Crippen molar-refractivity contribution < 1.29 is 9.32 Å². The van der Waals surface area contributed by atoms with Crippen LogP contribution in [0.25, 0.3) is 0 Å². The minimum absolute atomic E-state index is 0.00567. The van der Waals surface area contributed by atoms with Crippen LogP contribution < -0.4 is 5.32 Å². The van der Waals surface area contributed by atoms with Crippen LogP contribution in [0, 0.1) is 6.92 Å². The van der Waals surface area contributed by atoms with E-state index in [1.807, 2.05) is 13.8 Å². The second kappa shape index (κ2) is 6.70. The number of rotatable bonds is 3. The van der Waals surface area contributed by atoms with Crippen LogP contribution in [0.2, 0.25) is 0 Å². The van der Waals surface area contributed by atoms with Gasteiger partial charge in [-0.1, -0.05) is 24.4 Å². The molecular weight excluding hydrogens is 242 g/mol. The first-order chi connectivity index (χ1) is 9.16. The van der Waals surface area contributed by atoms with Crippen molar-refractivity contribution >= 4 is 11.7 Å². The predicted molar refractivity (Wildman–Crippen MR) is 74.0 cm³/mol. The molecule has 0 spiro atoms. The lowest BCUT2D eigenvalue weighted by Gasteiger charge is -2.29. The number of anilines is 1. The predicted octanol–water partition coefficient (Wildman–Crippen LogP) is 2.58. The van der Waals surface area contributed by atoms with E-state index in [-0.39, 0.29) is 11.9 Å². The monoisotopic (exact) mass is 265 g/mol. The van der Waals surface area contributed by atoms with E-state index in [2.05, 4.69) is 15.4 Å². The Morgan fingerprint density at radius 2 is 1.95 bits per heavy atom. The molecule has 106 valence electrons. The minimum atomic E-state index is -0.116. The van der Waals surface area contributed by atoms with Crippen molar-refractivity contribution in [1.29, 1.82) is 0 Å². The zero-order chi connectivity index (χ0) is 13.7. The molecule has 5 nitrogen and oxygen atoms in total. The molecule has 1 amide bonds. The van der Waals surface area contributed by atoms with Gasteiger partial charge in [-0.05, 0) is 39.8 Å². The number of hydrogen-bond donors (Lipinski definition) is 1. The number of hydrogen-bond acceptors (Lipinski definition) is 4. The fourth-order valence-electron chi connectivity index (χ4n) is 2.48. The number of carbonyl (C=O) groups is 1. The maximum Gasteiger partial charge on any atom is 0.242 e. The highest BCUT2D eigenvalue weighted by Gasteiger charge is 2.22. The highest BCUT2D eigenvalue weighted by atomic mass is 16.5. The molecule has 1 fully saturated rings. The lowest BCUT2D eigenvalue weighted by molar-refractivity contribution is -0.120. The van der Waals surface area contributed by atoms with Crippen LogP contribution in [0.15, 0.2) is 10.6 Å². The summed E-state index contributed by atoms with van der Waals surface area (Å²) < 4.78 is 4.95. The first kappa shape index (κ1) is 14.1. The molecule has 0 aliphatic carbocycles. The summed E-state index contributed by atoms with van der Waals surface area (Å²) in [5.74, 6) is 1.20. The van der Waals surface area contributed by atoms with Gasteiger partial charge in [-0.2, -0.15) is 0 Å². The number of nitrogens with one attached hydrogen (secondary N) is 1. The van der Waals surface area contributed by atoms with Crippen molar-refractivity contribution in [3.05, 3.63) is 11.8 Å². The molecule has 1 aromatic heterocycles. The Kier molecular flexibility index (Phi) is 4.96. The van der Waals surface area contributed by atoms with Gasteiger partial charge >= 0.3 is 0 Å². The maximum absolute atomic E-state index is 12.2. The number of nitrogens with zero attached hydrogens (tertiary/aromatic N) is 2. The van der Waals surface area contributed by atoms with Crippen LogP contribution in [-0.4, -0.2) is 35.1 Å². The Hall–Kier alpha value is -1.36. The molecule has 0 saturated carbocycles. The van der Waals surface area contributed by atoms with Gasteiger partial charge in [0, 0.05) is 6.07 Å². The zero-order valence-corrected chi connectivity index (χ0v) is 11.8. The van der Waals surface area contributed by atoms with Crippen LogP contribution in [0.3, 0.4) is 0 Å². The third-order valence-corrected chi connectivity index (χ3v) is 3.70. The smallest absolute Gasteiger partial charge is 0.242 e. The molecule has 1 aliphatic heterocycles. The Labute approximate surface area is 114 Å². The zero-order valence-electron chi connectivity index (χ0n) is 11.8. The number of likely N-dealkylation sites (tertiary alicyclic amines) is 1. The van der Waals surface area contributed by atoms with Crippen molar-refractivity contribution in [3.63, 3.8) is 0 Å². The average molecular weight is 265 g/mol. The van der Waals surface area contributed by atoms with E-state index in [1.165, 1.54) is 32.1 Å². The van der Waals surface area contributed by atoms with Crippen molar-refractivity contribution in [2.45, 2.75) is 52.0 Å². The molecule has 0 unspecified atom stereocenters. The molecule has 1 aliphatic rings. The lowest BCUT2D eigenvalue weighted by Crippen LogP contribution is -2.43. The highest BCUT2D eigenvalue weighted by Crippen LogP contribution is 2.14. The number of aromatic nitrogens is 1. The van der Waals surface area contributed by atoms with Crippen LogP contribution in [0.4, 0.5) is 5.82 Å². The summed E-state index contributed by atoms with van der Waals surface area (Å²) in [5.41, 5.74) is 0. The molecule has 2 rings (SSSR count). The second-order valence-electron chi connectivity index (χ2n) is 5.29. The fraction of sp³-hybridized carbons (Fsp3) is 0.714. The van der Waals surface area contributed by atoms with Crippen LogP contribution in [-0.2, 0) is 4.79 Å². The lowest BCUT2D eigenvalue weighted by atomic mass is 10.1. The molecule has 1 N–H and O–H groups in total. The summed E-state index contributed by atoms with van der Waals surface area (Å²) in [6.07, 6.45) is 6.23. The molecule has 0 aromatic carbocycles. The molecule has 1 aromatic rings. The van der Waals surface area contributed by atoms with Gasteiger partial charge in [0.15, 0.2) is 5.82 Å². The van der Waals surface area contributed by atoms with Crippen molar-refractivity contribution in [2.75, 3.05) is 18.4 Å². The summed E-state index contributed by atoms with van der Waals surface area (Å²) >= 11 is 0. The van der Waals surface area contributed by atoms with Crippen molar-refractivity contribution in [3.8, 4) is 0 Å². The molecule has 19 heavy (non-hydrogen) atoms. The summed E-state index contributed by atoms with van der Waals surface area (Å²) in [6.45, 7) is 5.78. The molecule has 5 heteroatoms. The van der Waals surface area contributed by atoms with Gasteiger partial charge in [-0.15, -0.1) is 0 Å². The number of aryl methyl sites for hydroxylation is 1. The molecule has 0 radical (unpaired) electrons. The van der Waals surface area contributed by atoms with Crippen molar-refractivity contribution in [1.82, 2.24) is 10.1 Å². The van der Waals surface area contributed by atoms with Crippen LogP contribution >= 0.6 is 0 Å². The first-order valence-electron chi connectivity index (χ1n) is 7.15. The van der Waals surface area contributed by atoms with E-state index in [1.54, 1.807) is 6.07 Å². The highest BCUT2D eigenvalue weighted by molar-refractivity contribution is 5.93. The Balaban J connectivity index is 1.89. The summed E-state index contributed by atoms with van der Waals surface area (Å²) in [7, 11) is 0. The summed E-state index contributed by atoms with van der Waals surface area (Å²) in [5, 5.41) is 6.60. The number of amides is 1. The molecule has 1 atom stereocenters. The Morgan fingerprint density at radius 3 is 2.53 bits per heavy atom. The van der Waals surface area contributed by atoms with E-state index in [0.717, 1.165) is 13.1 Å². The molecular formula is C14H23N3O2. The third kappa shape index (κ3) is 4.06. The maximum atomic E-state index is 12.2. The van der Waals surface area contributed by atoms with Gasteiger partial charge in [0.1, 0.15) is 5.76 Å². The van der Waals surface area contributed by atoms with Crippen molar-refractivity contribution in [2.24, 2.45) is 0 Å². The van der Waals surface area contributed by atoms with Gasteiger partial charge < -0.3 is 9.84 Å². The van der Waals surface area contributed by atoms with E-state index >= 15 is 0 Å². The second-order valence-corrected chi connectivity index (χ2v) is 5.29. The van der Waals surface area contributed by atoms with E-state index in [4.69, 9.17) is 4.52 Å². The normalized spacial score (nSPS) is 19.5. The topological polar surface area (TPSA) is 58.4 Å². The summed E-state index contributed by atoms with van der Waals surface area (Å²) in [6, 6.07) is 1.62. The van der Waals surface area contributed by atoms with E-state index < -0.39 is 0 Å². The van der Waals surface area contributed by atoms with Gasteiger partial charge in [-0.25, -0.2) is 0 Å². The van der Waals surface area contributed by atoms with Gasteiger partial charge in [0.05, 0.1) is 6.04 Å². The quantitative estimate of drug-likeness (QED) is 0.912. The molecule has 2 heterocycles. The average Bonchev–Trinajstić information content (AvgIpc) is 2.73. The first-order valence-corrected chi connectivity index (χ1v) is 7.15. The van der Waals surface area contributed by atoms with Crippen LogP contribution in [0.5, 0.6) is 0 Å². The number of carbonyl (C=O) groups excluding carboxylic acids is 1. The third-order valence-electron chi connectivity index (χ3n) is 3.70. The van der Waals surface area contributed by atoms with Gasteiger partial charge in [-0.3, -0.25) is 9.69 Å². The fourth-order valence-corrected chi connectivity index (χ4v) is 2.48. The van der Waals surface area contributed by atoms with Crippen LogP contribution in [0.1, 0.15) is 44.8 Å². The minimum Gasteiger partial charge on any atom is -0.360 e. The Morgan fingerprint density at radius 1 is 1.32 bits per heavy atom.